The molecule has 3 nitrogen and oxygen atoms in total. The highest BCUT2D eigenvalue weighted by Gasteiger charge is 2.22. The first-order valence-corrected chi connectivity index (χ1v) is 7.11. The van der Waals surface area contributed by atoms with Crippen molar-refractivity contribution in [1.29, 1.82) is 0 Å². The smallest absolute Gasteiger partial charge is 0.0982 e. The van der Waals surface area contributed by atoms with E-state index in [1.54, 1.807) is 12.2 Å². The molecule has 0 aromatic heterocycles. The second kappa shape index (κ2) is 9.54. The van der Waals surface area contributed by atoms with Gasteiger partial charge in [0.1, 0.15) is 0 Å². The molecule has 0 radical (unpaired) electrons. The minimum atomic E-state index is -0.810. The topological polar surface area (TPSA) is 60.7 Å². The number of aliphatic hydroxyl groups excluding tert-OH is 3. The molecule has 3 heteroatoms. The van der Waals surface area contributed by atoms with Crippen LogP contribution in [-0.4, -0.2) is 33.6 Å². The number of aliphatic hydroxyl groups is 3. The molecular weight excluding hydrogens is 228 g/mol. The number of rotatable bonds is 9. The van der Waals surface area contributed by atoms with Crippen molar-refractivity contribution in [2.45, 2.75) is 71.7 Å². The van der Waals surface area contributed by atoms with Crippen LogP contribution in [0, 0.1) is 11.8 Å². The molecule has 0 aromatic carbocycles. The second-order valence-corrected chi connectivity index (χ2v) is 5.39. The Hall–Kier alpha value is -0.380. The van der Waals surface area contributed by atoms with Crippen LogP contribution in [0.15, 0.2) is 12.2 Å². The monoisotopic (exact) mass is 258 g/mol. The van der Waals surface area contributed by atoms with Crippen LogP contribution >= 0.6 is 0 Å². The Morgan fingerprint density at radius 2 is 1.56 bits per heavy atom. The average Bonchev–Trinajstić information content (AvgIpc) is 2.35. The minimum absolute atomic E-state index is 0.0142. The van der Waals surface area contributed by atoms with Crippen molar-refractivity contribution in [3.63, 3.8) is 0 Å². The van der Waals surface area contributed by atoms with E-state index in [0.717, 1.165) is 19.3 Å². The SMILES string of the molecule is C/C=C\C(O)C(O)[C@@H](C)CC[C@H](O)[C@H](C)CCC. The van der Waals surface area contributed by atoms with E-state index in [-0.39, 0.29) is 12.0 Å². The summed E-state index contributed by atoms with van der Waals surface area (Å²) in [6.45, 7) is 7.90. The van der Waals surface area contributed by atoms with Gasteiger partial charge in [0.15, 0.2) is 0 Å². The van der Waals surface area contributed by atoms with Crippen molar-refractivity contribution in [3.05, 3.63) is 12.2 Å². The molecule has 0 aliphatic rings. The fourth-order valence-electron chi connectivity index (χ4n) is 2.18. The van der Waals surface area contributed by atoms with E-state index in [1.807, 2.05) is 13.8 Å². The van der Waals surface area contributed by atoms with Crippen LogP contribution in [0.4, 0.5) is 0 Å². The molecule has 18 heavy (non-hydrogen) atoms. The molecule has 0 spiro atoms. The van der Waals surface area contributed by atoms with Gasteiger partial charge in [-0.15, -0.1) is 0 Å². The first-order valence-electron chi connectivity index (χ1n) is 7.11. The second-order valence-electron chi connectivity index (χ2n) is 5.39. The Kier molecular flexibility index (Phi) is 9.34. The molecule has 0 heterocycles. The van der Waals surface area contributed by atoms with Crippen LogP contribution in [0.25, 0.3) is 0 Å². The van der Waals surface area contributed by atoms with Crippen molar-refractivity contribution >= 4 is 0 Å². The number of allylic oxidation sites excluding steroid dienone is 1. The van der Waals surface area contributed by atoms with Gasteiger partial charge in [-0.05, 0) is 38.0 Å². The highest BCUT2D eigenvalue weighted by Crippen LogP contribution is 2.20. The zero-order valence-electron chi connectivity index (χ0n) is 12.2. The number of hydrogen-bond acceptors (Lipinski definition) is 3. The quantitative estimate of drug-likeness (QED) is 0.557. The maximum absolute atomic E-state index is 9.96. The average molecular weight is 258 g/mol. The van der Waals surface area contributed by atoms with Gasteiger partial charge in [0.2, 0.25) is 0 Å². The highest BCUT2D eigenvalue weighted by atomic mass is 16.3. The minimum Gasteiger partial charge on any atom is -0.393 e. The molecule has 0 aromatic rings. The van der Waals surface area contributed by atoms with Crippen LogP contribution < -0.4 is 0 Å². The standard InChI is InChI=1S/C15H30O3/c1-5-7-11(3)13(16)10-9-12(4)15(18)14(17)8-6-2/h6,8,11-18H,5,7,9-10H2,1-4H3/b8-6-/t11-,12+,13+,14?,15?/m1/s1. The van der Waals surface area contributed by atoms with Gasteiger partial charge < -0.3 is 15.3 Å². The molecule has 0 saturated carbocycles. The normalized spacial score (nSPS) is 20.6. The summed E-state index contributed by atoms with van der Waals surface area (Å²) in [5, 5.41) is 29.5. The molecule has 0 aliphatic carbocycles. The summed E-state index contributed by atoms with van der Waals surface area (Å²) in [5.74, 6) is 0.291. The fourth-order valence-corrected chi connectivity index (χ4v) is 2.18. The van der Waals surface area contributed by atoms with Crippen molar-refractivity contribution in [3.8, 4) is 0 Å². The van der Waals surface area contributed by atoms with Crippen LogP contribution in [0.2, 0.25) is 0 Å². The lowest BCUT2D eigenvalue weighted by Gasteiger charge is -2.24. The molecular formula is C15H30O3. The summed E-state index contributed by atoms with van der Waals surface area (Å²) < 4.78 is 0. The Balaban J connectivity index is 4.05. The van der Waals surface area contributed by atoms with E-state index < -0.39 is 12.2 Å². The molecule has 0 fully saturated rings. The zero-order valence-corrected chi connectivity index (χ0v) is 12.2. The summed E-state index contributed by atoms with van der Waals surface area (Å²) >= 11 is 0. The predicted molar refractivity (Wildman–Crippen MR) is 75.3 cm³/mol. The predicted octanol–water partition coefficient (Wildman–Crippen LogP) is 2.50. The third-order valence-corrected chi connectivity index (χ3v) is 3.64. The van der Waals surface area contributed by atoms with Crippen molar-refractivity contribution in [2.24, 2.45) is 11.8 Å². The van der Waals surface area contributed by atoms with Gasteiger partial charge in [0, 0.05) is 0 Å². The lowest BCUT2D eigenvalue weighted by atomic mass is 9.89. The maximum atomic E-state index is 9.96. The molecule has 0 saturated heterocycles. The molecule has 0 aliphatic heterocycles. The van der Waals surface area contributed by atoms with E-state index in [4.69, 9.17) is 0 Å². The van der Waals surface area contributed by atoms with E-state index in [1.165, 1.54) is 0 Å². The lowest BCUT2D eigenvalue weighted by molar-refractivity contribution is 0.00349. The van der Waals surface area contributed by atoms with Gasteiger partial charge in [-0.25, -0.2) is 0 Å². The highest BCUT2D eigenvalue weighted by molar-refractivity contribution is 4.91. The van der Waals surface area contributed by atoms with Crippen LogP contribution in [0.5, 0.6) is 0 Å². The summed E-state index contributed by atoms with van der Waals surface area (Å²) in [5.41, 5.74) is 0. The van der Waals surface area contributed by atoms with Gasteiger partial charge in [0.25, 0.3) is 0 Å². The van der Waals surface area contributed by atoms with Gasteiger partial charge in [-0.3, -0.25) is 0 Å². The Labute approximate surface area is 112 Å². The molecule has 2 unspecified atom stereocenters. The van der Waals surface area contributed by atoms with E-state index >= 15 is 0 Å². The third kappa shape index (κ3) is 6.53. The van der Waals surface area contributed by atoms with Crippen LogP contribution in [-0.2, 0) is 0 Å². The summed E-state index contributed by atoms with van der Waals surface area (Å²) in [4.78, 5) is 0. The Bertz CT molecular complexity index is 228. The van der Waals surface area contributed by atoms with Crippen LogP contribution in [0.1, 0.15) is 53.4 Å². The van der Waals surface area contributed by atoms with E-state index in [2.05, 4.69) is 13.8 Å². The lowest BCUT2D eigenvalue weighted by Crippen LogP contribution is -2.31. The Morgan fingerprint density at radius 3 is 2.06 bits per heavy atom. The maximum Gasteiger partial charge on any atom is 0.0982 e. The third-order valence-electron chi connectivity index (χ3n) is 3.64. The Morgan fingerprint density at radius 1 is 0.944 bits per heavy atom. The summed E-state index contributed by atoms with van der Waals surface area (Å²) in [6.07, 6.45) is 4.97. The molecule has 5 atom stereocenters. The van der Waals surface area contributed by atoms with Crippen molar-refractivity contribution in [2.75, 3.05) is 0 Å². The number of hydrogen-bond donors (Lipinski definition) is 3. The first-order chi connectivity index (χ1) is 8.43. The molecule has 0 bridgehead atoms. The van der Waals surface area contributed by atoms with E-state index in [9.17, 15) is 15.3 Å². The zero-order chi connectivity index (χ0) is 14.1. The molecule has 0 rings (SSSR count). The molecule has 108 valence electrons. The van der Waals surface area contributed by atoms with Gasteiger partial charge in [0.05, 0.1) is 18.3 Å². The van der Waals surface area contributed by atoms with Crippen molar-refractivity contribution in [1.82, 2.24) is 0 Å². The van der Waals surface area contributed by atoms with E-state index in [0.29, 0.717) is 12.3 Å². The van der Waals surface area contributed by atoms with Gasteiger partial charge in [-0.1, -0.05) is 39.3 Å². The first kappa shape index (κ1) is 17.6. The van der Waals surface area contributed by atoms with Crippen molar-refractivity contribution < 1.29 is 15.3 Å². The van der Waals surface area contributed by atoms with Crippen LogP contribution in [0.3, 0.4) is 0 Å². The van der Waals surface area contributed by atoms with Gasteiger partial charge >= 0.3 is 0 Å². The largest absolute Gasteiger partial charge is 0.393 e. The fraction of sp³-hybridized carbons (Fsp3) is 0.867. The molecule has 3 N–H and O–H groups in total. The van der Waals surface area contributed by atoms with Gasteiger partial charge in [-0.2, -0.15) is 0 Å². The molecule has 0 amide bonds. The summed E-state index contributed by atoms with van der Waals surface area (Å²) in [7, 11) is 0. The summed E-state index contributed by atoms with van der Waals surface area (Å²) in [6, 6.07) is 0.